The van der Waals surface area contributed by atoms with Gasteiger partial charge in [0.15, 0.2) is 0 Å². The summed E-state index contributed by atoms with van der Waals surface area (Å²) < 4.78 is 4.39. The summed E-state index contributed by atoms with van der Waals surface area (Å²) in [6.45, 7) is 1.97. The Hall–Kier alpha value is -1.62. The number of imidazole rings is 1. The molecule has 0 bridgehead atoms. The van der Waals surface area contributed by atoms with Crippen LogP contribution in [0.15, 0.2) is 33.8 Å². The maximum Gasteiger partial charge on any atom is 0.262 e. The highest BCUT2D eigenvalue weighted by Crippen LogP contribution is 2.24. The van der Waals surface area contributed by atoms with Crippen molar-refractivity contribution in [3.63, 3.8) is 0 Å². The Bertz CT molecular complexity index is 801. The van der Waals surface area contributed by atoms with Gasteiger partial charge in [-0.05, 0) is 40.5 Å². The lowest BCUT2D eigenvalue weighted by Crippen LogP contribution is -2.20. The van der Waals surface area contributed by atoms with Gasteiger partial charge in [-0.1, -0.05) is 0 Å². The smallest absolute Gasteiger partial charge is 0.262 e. The van der Waals surface area contributed by atoms with E-state index in [1.54, 1.807) is 17.8 Å². The van der Waals surface area contributed by atoms with Crippen LogP contribution in [-0.2, 0) is 7.05 Å². The summed E-state index contributed by atoms with van der Waals surface area (Å²) in [6.07, 6.45) is 3.55. The molecular formula is C12H10BrN3O. The Kier molecular flexibility index (Phi) is 2.13. The van der Waals surface area contributed by atoms with E-state index in [1.807, 2.05) is 29.7 Å². The van der Waals surface area contributed by atoms with Gasteiger partial charge in [-0.3, -0.25) is 13.8 Å². The molecule has 0 unspecified atom stereocenters. The molecule has 0 fully saturated rings. The SMILES string of the molecule is Cc1cc(Br)c2c(c1)c(=O)n(C)c1nccn21. The van der Waals surface area contributed by atoms with Crippen molar-refractivity contribution in [2.45, 2.75) is 6.92 Å². The van der Waals surface area contributed by atoms with Crippen LogP contribution in [0.1, 0.15) is 5.56 Å². The topological polar surface area (TPSA) is 39.3 Å². The van der Waals surface area contributed by atoms with Crippen LogP contribution in [0.3, 0.4) is 0 Å². The molecule has 86 valence electrons. The zero-order valence-corrected chi connectivity index (χ0v) is 11.0. The molecule has 2 aromatic heterocycles. The van der Waals surface area contributed by atoms with Gasteiger partial charge in [-0.2, -0.15) is 0 Å². The van der Waals surface area contributed by atoms with Crippen molar-refractivity contribution in [1.29, 1.82) is 0 Å². The second-order valence-corrected chi connectivity index (χ2v) is 4.96. The summed E-state index contributed by atoms with van der Waals surface area (Å²) in [4.78, 5) is 16.4. The average molecular weight is 292 g/mol. The van der Waals surface area contributed by atoms with Crippen LogP contribution >= 0.6 is 15.9 Å². The van der Waals surface area contributed by atoms with Crippen molar-refractivity contribution in [3.8, 4) is 0 Å². The van der Waals surface area contributed by atoms with Crippen LogP contribution in [0, 0.1) is 6.92 Å². The Morgan fingerprint density at radius 2 is 2.12 bits per heavy atom. The lowest BCUT2D eigenvalue weighted by atomic mass is 10.1. The minimum atomic E-state index is -0.0249. The molecule has 3 aromatic rings. The first-order valence-corrected chi connectivity index (χ1v) is 6.01. The number of nitrogens with zero attached hydrogens (tertiary/aromatic N) is 3. The van der Waals surface area contributed by atoms with E-state index in [0.29, 0.717) is 11.2 Å². The zero-order chi connectivity index (χ0) is 12.2. The molecule has 0 amide bonds. The molecule has 0 spiro atoms. The Morgan fingerprint density at radius 3 is 2.88 bits per heavy atom. The van der Waals surface area contributed by atoms with Gasteiger partial charge in [0.2, 0.25) is 5.78 Å². The summed E-state index contributed by atoms with van der Waals surface area (Å²) in [5.41, 5.74) is 1.90. The largest absolute Gasteiger partial charge is 0.284 e. The highest BCUT2D eigenvalue weighted by Gasteiger charge is 2.11. The van der Waals surface area contributed by atoms with Crippen molar-refractivity contribution in [2.75, 3.05) is 0 Å². The van der Waals surface area contributed by atoms with E-state index in [0.717, 1.165) is 15.6 Å². The van der Waals surface area contributed by atoms with Crippen molar-refractivity contribution in [3.05, 3.63) is 44.9 Å². The highest BCUT2D eigenvalue weighted by atomic mass is 79.9. The van der Waals surface area contributed by atoms with E-state index in [2.05, 4.69) is 20.9 Å². The second kappa shape index (κ2) is 3.43. The molecule has 0 aliphatic rings. The van der Waals surface area contributed by atoms with E-state index in [9.17, 15) is 4.79 Å². The number of halogens is 1. The summed E-state index contributed by atoms with van der Waals surface area (Å²) in [5, 5.41) is 0.699. The van der Waals surface area contributed by atoms with Crippen molar-refractivity contribution in [1.82, 2.24) is 14.0 Å². The molecule has 0 aliphatic carbocycles. The van der Waals surface area contributed by atoms with E-state index in [4.69, 9.17) is 0 Å². The molecule has 0 radical (unpaired) electrons. The molecule has 3 rings (SSSR count). The predicted molar refractivity (Wildman–Crippen MR) is 70.4 cm³/mol. The van der Waals surface area contributed by atoms with Gasteiger partial charge in [0, 0.05) is 23.9 Å². The van der Waals surface area contributed by atoms with Crippen molar-refractivity contribution in [2.24, 2.45) is 7.05 Å². The number of hydrogen-bond donors (Lipinski definition) is 0. The minimum Gasteiger partial charge on any atom is -0.284 e. The minimum absolute atomic E-state index is 0.0249. The van der Waals surface area contributed by atoms with Crippen LogP contribution in [-0.4, -0.2) is 14.0 Å². The Morgan fingerprint density at radius 1 is 1.35 bits per heavy atom. The molecule has 0 saturated heterocycles. The second-order valence-electron chi connectivity index (χ2n) is 4.10. The van der Waals surface area contributed by atoms with Gasteiger partial charge in [-0.15, -0.1) is 0 Å². The third-order valence-electron chi connectivity index (χ3n) is 2.90. The number of aryl methyl sites for hydroxylation is 2. The Balaban J connectivity index is 2.75. The third-order valence-corrected chi connectivity index (χ3v) is 3.51. The molecule has 0 atom stereocenters. The van der Waals surface area contributed by atoms with Gasteiger partial charge in [-0.25, -0.2) is 4.98 Å². The third kappa shape index (κ3) is 1.35. The Labute approximate surface area is 106 Å². The fourth-order valence-electron chi connectivity index (χ4n) is 2.13. The summed E-state index contributed by atoms with van der Waals surface area (Å²) in [7, 11) is 1.74. The maximum absolute atomic E-state index is 12.2. The maximum atomic E-state index is 12.2. The van der Waals surface area contributed by atoms with Gasteiger partial charge in [0.25, 0.3) is 5.56 Å². The number of hydrogen-bond acceptors (Lipinski definition) is 2. The number of rotatable bonds is 0. The highest BCUT2D eigenvalue weighted by molar-refractivity contribution is 9.10. The number of aromatic nitrogens is 3. The standard InChI is InChI=1S/C12H10BrN3O/c1-7-5-8-10(9(13)6-7)16-4-3-14-12(16)15(2)11(8)17/h3-6H,1-2H3. The lowest BCUT2D eigenvalue weighted by molar-refractivity contribution is 0.863. The summed E-state index contributed by atoms with van der Waals surface area (Å²) in [5.74, 6) is 0.645. The van der Waals surface area contributed by atoms with E-state index in [1.165, 1.54) is 0 Å². The van der Waals surface area contributed by atoms with Gasteiger partial charge >= 0.3 is 0 Å². The quantitative estimate of drug-likeness (QED) is 0.637. The molecule has 4 nitrogen and oxygen atoms in total. The van der Waals surface area contributed by atoms with E-state index >= 15 is 0 Å². The molecule has 0 aliphatic heterocycles. The van der Waals surface area contributed by atoms with Crippen LogP contribution in [0.2, 0.25) is 0 Å². The molecular weight excluding hydrogens is 282 g/mol. The van der Waals surface area contributed by atoms with Gasteiger partial charge in [0.05, 0.1) is 10.9 Å². The monoisotopic (exact) mass is 291 g/mol. The fraction of sp³-hybridized carbons (Fsp3) is 0.167. The van der Waals surface area contributed by atoms with Crippen LogP contribution in [0.4, 0.5) is 0 Å². The average Bonchev–Trinajstić information content (AvgIpc) is 2.73. The summed E-state index contributed by atoms with van der Waals surface area (Å²) in [6, 6.07) is 3.91. The molecule has 17 heavy (non-hydrogen) atoms. The van der Waals surface area contributed by atoms with Crippen LogP contribution in [0.25, 0.3) is 16.7 Å². The molecule has 2 heterocycles. The number of fused-ring (bicyclic) bond motifs is 3. The lowest BCUT2D eigenvalue weighted by Gasteiger charge is -2.08. The fourth-order valence-corrected chi connectivity index (χ4v) is 2.90. The van der Waals surface area contributed by atoms with Crippen LogP contribution < -0.4 is 5.56 Å². The van der Waals surface area contributed by atoms with Crippen molar-refractivity contribution >= 4 is 32.6 Å². The van der Waals surface area contributed by atoms with Gasteiger partial charge < -0.3 is 0 Å². The molecule has 1 aromatic carbocycles. The zero-order valence-electron chi connectivity index (χ0n) is 9.44. The molecule has 0 saturated carbocycles. The van der Waals surface area contributed by atoms with Gasteiger partial charge in [0.1, 0.15) is 0 Å². The predicted octanol–water partition coefficient (Wildman–Crippen LogP) is 2.26. The first-order chi connectivity index (χ1) is 8.09. The van der Waals surface area contributed by atoms with Crippen LogP contribution in [0.5, 0.6) is 0 Å². The van der Waals surface area contributed by atoms with E-state index in [-0.39, 0.29) is 5.56 Å². The van der Waals surface area contributed by atoms with E-state index < -0.39 is 0 Å². The van der Waals surface area contributed by atoms with Crippen molar-refractivity contribution < 1.29 is 0 Å². The number of benzene rings is 1. The normalized spacial score (nSPS) is 11.5. The summed E-state index contributed by atoms with van der Waals surface area (Å²) >= 11 is 3.52. The molecule has 5 heteroatoms. The molecule has 0 N–H and O–H groups in total. The first-order valence-electron chi connectivity index (χ1n) is 5.21. The first kappa shape index (κ1) is 10.5.